The van der Waals surface area contributed by atoms with Gasteiger partial charge < -0.3 is 10.2 Å². The summed E-state index contributed by atoms with van der Waals surface area (Å²) in [6.45, 7) is 1.03. The van der Waals surface area contributed by atoms with E-state index in [9.17, 15) is 10.1 Å². The summed E-state index contributed by atoms with van der Waals surface area (Å²) in [5.74, 6) is 0.577. The first-order chi connectivity index (χ1) is 12.6. The monoisotopic (exact) mass is 365 g/mol. The van der Waals surface area contributed by atoms with E-state index in [0.717, 1.165) is 34.9 Å². The molecule has 0 aliphatic heterocycles. The average molecular weight is 366 g/mol. The molecule has 1 amide bonds. The highest BCUT2D eigenvalue weighted by molar-refractivity contribution is 7.99. The molecule has 26 heavy (non-hydrogen) atoms. The maximum absolute atomic E-state index is 12.5. The smallest absolute Gasteiger partial charge is 0.266 e. The van der Waals surface area contributed by atoms with Crippen molar-refractivity contribution in [1.82, 2.24) is 4.90 Å². The summed E-state index contributed by atoms with van der Waals surface area (Å²) in [4.78, 5) is 15.7. The largest absolute Gasteiger partial charge is 0.320 e. The molecule has 2 aromatic rings. The van der Waals surface area contributed by atoms with Crippen LogP contribution in [0.1, 0.15) is 12.0 Å². The summed E-state index contributed by atoms with van der Waals surface area (Å²) >= 11 is 1.71. The molecule has 0 heterocycles. The zero-order valence-electron chi connectivity index (χ0n) is 15.1. The van der Waals surface area contributed by atoms with Crippen LogP contribution in [0.15, 0.2) is 65.1 Å². The number of rotatable bonds is 8. The highest BCUT2D eigenvalue weighted by Crippen LogP contribution is 2.28. The third-order valence-electron chi connectivity index (χ3n) is 3.62. The van der Waals surface area contributed by atoms with Gasteiger partial charge in [-0.05, 0) is 56.6 Å². The molecule has 5 heteroatoms. The topological polar surface area (TPSA) is 56.1 Å². The molecule has 0 spiro atoms. The Balaban J connectivity index is 2.06. The zero-order valence-corrected chi connectivity index (χ0v) is 15.9. The van der Waals surface area contributed by atoms with Crippen LogP contribution in [0.2, 0.25) is 0 Å². The van der Waals surface area contributed by atoms with Crippen molar-refractivity contribution in [3.05, 3.63) is 65.7 Å². The van der Waals surface area contributed by atoms with Crippen molar-refractivity contribution >= 4 is 29.4 Å². The van der Waals surface area contributed by atoms with Gasteiger partial charge >= 0.3 is 0 Å². The van der Waals surface area contributed by atoms with E-state index in [1.54, 1.807) is 17.8 Å². The number of nitrogens with zero attached hydrogens (tertiary/aromatic N) is 2. The first kappa shape index (κ1) is 19.8. The summed E-state index contributed by atoms with van der Waals surface area (Å²) in [5, 5.41) is 12.2. The minimum atomic E-state index is -0.391. The first-order valence-electron chi connectivity index (χ1n) is 8.45. The van der Waals surface area contributed by atoms with E-state index in [0.29, 0.717) is 0 Å². The number of nitriles is 1. The molecule has 0 aliphatic rings. The van der Waals surface area contributed by atoms with E-state index < -0.39 is 5.91 Å². The van der Waals surface area contributed by atoms with Gasteiger partial charge in [-0.1, -0.05) is 42.5 Å². The number of hydrogen-bond donors (Lipinski definition) is 1. The van der Waals surface area contributed by atoms with Crippen LogP contribution in [0.5, 0.6) is 0 Å². The highest BCUT2D eigenvalue weighted by Gasteiger charge is 2.12. The Morgan fingerprint density at radius 1 is 1.15 bits per heavy atom. The van der Waals surface area contributed by atoms with E-state index >= 15 is 0 Å². The fourth-order valence-corrected chi connectivity index (χ4v) is 3.26. The highest BCUT2D eigenvalue weighted by atomic mass is 32.2. The molecule has 0 saturated heterocycles. The van der Waals surface area contributed by atoms with Gasteiger partial charge in [0.15, 0.2) is 0 Å². The van der Waals surface area contributed by atoms with Crippen LogP contribution in [0, 0.1) is 11.3 Å². The molecule has 0 radical (unpaired) electrons. The lowest BCUT2D eigenvalue weighted by molar-refractivity contribution is -0.112. The molecule has 0 aromatic heterocycles. The first-order valence-corrected chi connectivity index (χ1v) is 9.43. The molecule has 0 aliphatic carbocycles. The third kappa shape index (κ3) is 6.40. The second-order valence-electron chi connectivity index (χ2n) is 6.04. The van der Waals surface area contributed by atoms with E-state index in [2.05, 4.69) is 24.3 Å². The number of hydrogen-bond acceptors (Lipinski definition) is 4. The minimum absolute atomic E-state index is 0.0867. The number of thioether (sulfide) groups is 1. The molecule has 1 N–H and O–H groups in total. The Labute approximate surface area is 159 Å². The van der Waals surface area contributed by atoms with Gasteiger partial charge in [-0.25, -0.2) is 0 Å². The minimum Gasteiger partial charge on any atom is -0.320 e. The fraction of sp³-hybridized carbons (Fsp3) is 0.238. The maximum Gasteiger partial charge on any atom is 0.266 e. The van der Waals surface area contributed by atoms with Crippen molar-refractivity contribution < 1.29 is 4.79 Å². The number of anilines is 1. The Morgan fingerprint density at radius 3 is 2.54 bits per heavy atom. The number of nitrogens with one attached hydrogen (secondary N) is 1. The molecule has 2 rings (SSSR count). The molecule has 134 valence electrons. The van der Waals surface area contributed by atoms with Gasteiger partial charge in [0.2, 0.25) is 0 Å². The molecule has 0 bridgehead atoms. The van der Waals surface area contributed by atoms with Gasteiger partial charge in [0.1, 0.15) is 11.6 Å². The number of carbonyl (C=O) groups excluding carboxylic acids is 1. The van der Waals surface area contributed by atoms with Gasteiger partial charge in [-0.3, -0.25) is 4.79 Å². The summed E-state index contributed by atoms with van der Waals surface area (Å²) in [5.41, 5.74) is 1.65. The predicted molar refractivity (Wildman–Crippen MR) is 109 cm³/mol. The lowest BCUT2D eigenvalue weighted by Crippen LogP contribution is -2.14. The third-order valence-corrected chi connectivity index (χ3v) is 4.78. The van der Waals surface area contributed by atoms with Gasteiger partial charge in [0.25, 0.3) is 5.91 Å². The van der Waals surface area contributed by atoms with Crippen LogP contribution in [0.3, 0.4) is 0 Å². The summed E-state index contributed by atoms with van der Waals surface area (Å²) in [6.07, 6.45) is 2.67. The van der Waals surface area contributed by atoms with Gasteiger partial charge in [-0.2, -0.15) is 5.26 Å². The van der Waals surface area contributed by atoms with Crippen molar-refractivity contribution in [2.75, 3.05) is 31.7 Å². The SMILES string of the molecule is CN(C)CCCSc1ccccc1NC(=O)/C(C#N)=C/c1ccccc1. The van der Waals surface area contributed by atoms with Crippen LogP contribution in [0.25, 0.3) is 6.08 Å². The normalized spacial score (nSPS) is 11.2. The number of amides is 1. The van der Waals surface area contributed by atoms with E-state index in [4.69, 9.17) is 0 Å². The van der Waals surface area contributed by atoms with Crippen LogP contribution >= 0.6 is 11.8 Å². The van der Waals surface area contributed by atoms with Crippen LogP contribution in [-0.4, -0.2) is 37.2 Å². The number of carbonyl (C=O) groups is 1. The summed E-state index contributed by atoms with van der Waals surface area (Å²) in [6, 6.07) is 19.0. The Bertz CT molecular complexity index is 794. The molecule has 4 nitrogen and oxygen atoms in total. The Morgan fingerprint density at radius 2 is 1.85 bits per heavy atom. The lowest BCUT2D eigenvalue weighted by atomic mass is 10.1. The molecular weight excluding hydrogens is 342 g/mol. The molecule has 2 aromatic carbocycles. The average Bonchev–Trinajstić information content (AvgIpc) is 2.65. The van der Waals surface area contributed by atoms with Crippen molar-refractivity contribution in [2.45, 2.75) is 11.3 Å². The predicted octanol–water partition coefficient (Wildman–Crippen LogP) is 4.28. The van der Waals surface area contributed by atoms with Crippen molar-refractivity contribution in [3.63, 3.8) is 0 Å². The quantitative estimate of drug-likeness (QED) is 0.328. The molecule has 0 atom stereocenters. The van der Waals surface area contributed by atoms with Crippen LogP contribution in [-0.2, 0) is 4.79 Å². The zero-order chi connectivity index (χ0) is 18.8. The second-order valence-corrected chi connectivity index (χ2v) is 7.17. The lowest BCUT2D eigenvalue weighted by Gasteiger charge is -2.12. The summed E-state index contributed by atoms with van der Waals surface area (Å²) < 4.78 is 0. The number of para-hydroxylation sites is 1. The van der Waals surface area contributed by atoms with Crippen LogP contribution in [0.4, 0.5) is 5.69 Å². The van der Waals surface area contributed by atoms with Crippen molar-refractivity contribution in [3.8, 4) is 6.07 Å². The fourth-order valence-electron chi connectivity index (χ4n) is 2.31. The Hall–Kier alpha value is -2.55. The van der Waals surface area contributed by atoms with Crippen molar-refractivity contribution in [1.29, 1.82) is 5.26 Å². The molecule has 0 fully saturated rings. The maximum atomic E-state index is 12.5. The summed E-state index contributed by atoms with van der Waals surface area (Å²) in [7, 11) is 4.11. The van der Waals surface area contributed by atoms with Crippen LogP contribution < -0.4 is 5.32 Å². The van der Waals surface area contributed by atoms with Gasteiger partial charge in [0.05, 0.1) is 5.69 Å². The molecule has 0 saturated carbocycles. The second kappa shape index (κ2) is 10.4. The molecule has 0 unspecified atom stereocenters. The molecular formula is C21H23N3OS. The van der Waals surface area contributed by atoms with Gasteiger partial charge in [0, 0.05) is 4.90 Å². The van der Waals surface area contributed by atoms with Gasteiger partial charge in [-0.15, -0.1) is 11.8 Å². The van der Waals surface area contributed by atoms with E-state index in [1.807, 2.05) is 60.7 Å². The van der Waals surface area contributed by atoms with E-state index in [1.165, 1.54) is 0 Å². The van der Waals surface area contributed by atoms with Crippen molar-refractivity contribution in [2.24, 2.45) is 0 Å². The number of benzene rings is 2. The Kier molecular flexibility index (Phi) is 7.94. The standard InChI is InChI=1S/C21H23N3OS/c1-24(2)13-8-14-26-20-12-7-6-11-19(20)23-21(25)18(16-22)15-17-9-4-3-5-10-17/h3-7,9-12,15H,8,13-14H2,1-2H3,(H,23,25)/b18-15+. The van der Waals surface area contributed by atoms with E-state index in [-0.39, 0.29) is 5.57 Å².